The number of halogens is 1. The number of hydrogen-bond acceptors (Lipinski definition) is 5. The summed E-state index contributed by atoms with van der Waals surface area (Å²) in [5.74, 6) is -0.395. The first-order chi connectivity index (χ1) is 10.5. The predicted octanol–water partition coefficient (Wildman–Crippen LogP) is 2.48. The Morgan fingerprint density at radius 1 is 1.36 bits per heavy atom. The lowest BCUT2D eigenvalue weighted by atomic mass is 10.2. The first-order valence-corrected chi connectivity index (χ1v) is 7.90. The SMILES string of the molecule is CSc1nn(-c2ccnc3cc(Cl)ccc23)c(N)c1C(N)=O. The Hall–Kier alpha value is -2.25. The van der Waals surface area contributed by atoms with Gasteiger partial charge in [0.1, 0.15) is 16.4 Å². The Morgan fingerprint density at radius 2 is 2.14 bits per heavy atom. The number of thioether (sulfide) groups is 1. The zero-order valence-electron chi connectivity index (χ0n) is 11.6. The van der Waals surface area contributed by atoms with Crippen LogP contribution in [0.4, 0.5) is 5.82 Å². The number of nitrogens with two attached hydrogens (primary N) is 2. The molecule has 2 heterocycles. The third kappa shape index (κ3) is 2.28. The van der Waals surface area contributed by atoms with E-state index in [1.54, 1.807) is 24.4 Å². The zero-order chi connectivity index (χ0) is 15.9. The standard InChI is InChI=1S/C14H12ClN5OS/c1-22-14-11(13(17)21)12(16)20(19-14)10-4-5-18-9-6-7(15)2-3-8(9)10/h2-6H,16H2,1H3,(H2,17,21). The van der Waals surface area contributed by atoms with E-state index in [4.69, 9.17) is 23.1 Å². The Bertz CT molecular complexity index is 892. The quantitative estimate of drug-likeness (QED) is 0.717. The van der Waals surface area contributed by atoms with E-state index in [0.717, 1.165) is 5.39 Å². The number of amides is 1. The van der Waals surface area contributed by atoms with Crippen LogP contribution in [0.1, 0.15) is 10.4 Å². The monoisotopic (exact) mass is 333 g/mol. The Kier molecular flexibility index (Phi) is 3.67. The summed E-state index contributed by atoms with van der Waals surface area (Å²) in [6.45, 7) is 0. The van der Waals surface area contributed by atoms with Gasteiger partial charge in [-0.1, -0.05) is 11.6 Å². The van der Waals surface area contributed by atoms with Crippen LogP contribution in [0.5, 0.6) is 0 Å². The molecule has 0 unspecified atom stereocenters. The summed E-state index contributed by atoms with van der Waals surface area (Å²) in [7, 11) is 0. The molecule has 0 atom stereocenters. The summed E-state index contributed by atoms with van der Waals surface area (Å²) in [6.07, 6.45) is 3.45. The summed E-state index contributed by atoms with van der Waals surface area (Å²) < 4.78 is 1.50. The van der Waals surface area contributed by atoms with Gasteiger partial charge in [-0.2, -0.15) is 5.10 Å². The van der Waals surface area contributed by atoms with Crippen molar-refractivity contribution in [2.75, 3.05) is 12.0 Å². The maximum Gasteiger partial charge on any atom is 0.255 e. The molecule has 8 heteroatoms. The zero-order valence-corrected chi connectivity index (χ0v) is 13.1. The number of nitrogens with zero attached hydrogens (tertiary/aromatic N) is 3. The van der Waals surface area contributed by atoms with Gasteiger partial charge in [0.15, 0.2) is 0 Å². The molecule has 1 aromatic carbocycles. The third-order valence-electron chi connectivity index (χ3n) is 3.24. The number of aromatic nitrogens is 3. The molecule has 4 N–H and O–H groups in total. The smallest absolute Gasteiger partial charge is 0.255 e. The molecule has 2 aromatic heterocycles. The van der Waals surface area contributed by atoms with Crippen LogP contribution in [0, 0.1) is 0 Å². The highest BCUT2D eigenvalue weighted by atomic mass is 35.5. The minimum absolute atomic E-state index is 0.208. The lowest BCUT2D eigenvalue weighted by Gasteiger charge is -2.08. The van der Waals surface area contributed by atoms with Crippen molar-refractivity contribution < 1.29 is 4.79 Å². The lowest BCUT2D eigenvalue weighted by Crippen LogP contribution is -2.14. The molecule has 0 spiro atoms. The molecule has 22 heavy (non-hydrogen) atoms. The first kappa shape index (κ1) is 14.7. The summed E-state index contributed by atoms with van der Waals surface area (Å²) in [5, 5.41) is 6.29. The van der Waals surface area contributed by atoms with Crippen molar-refractivity contribution in [3.63, 3.8) is 0 Å². The molecule has 0 aliphatic rings. The molecule has 0 fully saturated rings. The van der Waals surface area contributed by atoms with Crippen LogP contribution in [0.15, 0.2) is 35.5 Å². The van der Waals surface area contributed by atoms with Gasteiger partial charge in [-0.25, -0.2) is 4.68 Å². The van der Waals surface area contributed by atoms with E-state index in [-0.39, 0.29) is 11.4 Å². The third-order valence-corrected chi connectivity index (χ3v) is 4.15. The highest BCUT2D eigenvalue weighted by Gasteiger charge is 2.21. The van der Waals surface area contributed by atoms with Gasteiger partial charge in [-0.3, -0.25) is 9.78 Å². The van der Waals surface area contributed by atoms with Gasteiger partial charge in [-0.15, -0.1) is 11.8 Å². The molecule has 3 rings (SSSR count). The van der Waals surface area contributed by atoms with E-state index in [1.165, 1.54) is 16.4 Å². The molecule has 3 aromatic rings. The van der Waals surface area contributed by atoms with Gasteiger partial charge in [0.2, 0.25) is 0 Å². The Labute approximate surface area is 135 Å². The fourth-order valence-corrected chi connectivity index (χ4v) is 3.00. The van der Waals surface area contributed by atoms with Crippen LogP contribution >= 0.6 is 23.4 Å². The summed E-state index contributed by atoms with van der Waals surface area (Å²) >= 11 is 7.30. The van der Waals surface area contributed by atoms with Gasteiger partial charge in [-0.05, 0) is 30.5 Å². The van der Waals surface area contributed by atoms with Crippen molar-refractivity contribution in [3.8, 4) is 5.69 Å². The van der Waals surface area contributed by atoms with Crippen molar-refractivity contribution in [1.82, 2.24) is 14.8 Å². The van der Waals surface area contributed by atoms with Crippen molar-refractivity contribution in [2.24, 2.45) is 5.73 Å². The second-order valence-electron chi connectivity index (χ2n) is 4.54. The number of nitrogen functional groups attached to an aromatic ring is 1. The number of pyridine rings is 1. The number of carbonyl (C=O) groups is 1. The average molecular weight is 334 g/mol. The van der Waals surface area contributed by atoms with Crippen molar-refractivity contribution in [2.45, 2.75) is 5.03 Å². The van der Waals surface area contributed by atoms with Crippen molar-refractivity contribution in [3.05, 3.63) is 41.0 Å². The molecule has 0 aliphatic heterocycles. The second kappa shape index (κ2) is 5.51. The molecule has 6 nitrogen and oxygen atoms in total. The van der Waals surface area contributed by atoms with Gasteiger partial charge in [0, 0.05) is 16.6 Å². The van der Waals surface area contributed by atoms with Crippen LogP contribution < -0.4 is 11.5 Å². The molecule has 0 bridgehead atoms. The minimum Gasteiger partial charge on any atom is -0.383 e. The van der Waals surface area contributed by atoms with Crippen molar-refractivity contribution in [1.29, 1.82) is 0 Å². The predicted molar refractivity (Wildman–Crippen MR) is 88.6 cm³/mol. The molecular weight excluding hydrogens is 322 g/mol. The fourth-order valence-electron chi connectivity index (χ4n) is 2.26. The Balaban J connectivity index is 2.31. The van der Waals surface area contributed by atoms with Crippen LogP contribution in [-0.4, -0.2) is 26.9 Å². The number of benzene rings is 1. The average Bonchev–Trinajstić information content (AvgIpc) is 2.83. The summed E-state index contributed by atoms with van der Waals surface area (Å²) in [6, 6.07) is 7.13. The summed E-state index contributed by atoms with van der Waals surface area (Å²) in [4.78, 5) is 15.9. The molecule has 0 aliphatic carbocycles. The molecular formula is C14H12ClN5OS. The number of carbonyl (C=O) groups excluding carboxylic acids is 1. The Morgan fingerprint density at radius 3 is 2.77 bits per heavy atom. The number of hydrogen-bond donors (Lipinski definition) is 2. The summed E-state index contributed by atoms with van der Waals surface area (Å²) in [5.41, 5.74) is 13.1. The normalized spacial score (nSPS) is 11.0. The molecule has 0 saturated heterocycles. The van der Waals surface area contributed by atoms with Crippen molar-refractivity contribution >= 4 is 46.0 Å². The van der Waals surface area contributed by atoms with Gasteiger partial charge in [0.25, 0.3) is 5.91 Å². The van der Waals surface area contributed by atoms with E-state index in [9.17, 15) is 4.79 Å². The highest BCUT2D eigenvalue weighted by Crippen LogP contribution is 2.30. The van der Waals surface area contributed by atoms with E-state index in [1.807, 2.05) is 12.3 Å². The number of fused-ring (bicyclic) bond motifs is 1. The minimum atomic E-state index is -0.602. The van der Waals surface area contributed by atoms with Crippen LogP contribution in [0.25, 0.3) is 16.6 Å². The number of primary amides is 1. The number of anilines is 1. The van der Waals surface area contributed by atoms with Gasteiger partial charge < -0.3 is 11.5 Å². The van der Waals surface area contributed by atoms with Crippen LogP contribution in [-0.2, 0) is 0 Å². The second-order valence-corrected chi connectivity index (χ2v) is 5.77. The maximum atomic E-state index is 11.6. The van der Waals surface area contributed by atoms with Crippen LogP contribution in [0.3, 0.4) is 0 Å². The number of rotatable bonds is 3. The van der Waals surface area contributed by atoms with E-state index >= 15 is 0 Å². The lowest BCUT2D eigenvalue weighted by molar-refractivity contribution is 0.0998. The van der Waals surface area contributed by atoms with E-state index in [2.05, 4.69) is 10.1 Å². The maximum absolute atomic E-state index is 11.6. The van der Waals surface area contributed by atoms with Gasteiger partial charge in [0.05, 0.1) is 11.2 Å². The fraction of sp³-hybridized carbons (Fsp3) is 0.0714. The van der Waals surface area contributed by atoms with Crippen LogP contribution in [0.2, 0.25) is 5.02 Å². The highest BCUT2D eigenvalue weighted by molar-refractivity contribution is 7.98. The van der Waals surface area contributed by atoms with E-state index < -0.39 is 5.91 Å². The van der Waals surface area contributed by atoms with E-state index in [0.29, 0.717) is 21.3 Å². The largest absolute Gasteiger partial charge is 0.383 e. The van der Waals surface area contributed by atoms with Gasteiger partial charge >= 0.3 is 0 Å². The molecule has 0 radical (unpaired) electrons. The first-order valence-electron chi connectivity index (χ1n) is 6.30. The topological polar surface area (TPSA) is 99.8 Å². The molecule has 0 saturated carbocycles. The molecule has 112 valence electrons. The molecule has 1 amide bonds.